The molecule has 1 amide bonds. The van der Waals surface area contributed by atoms with Crippen molar-refractivity contribution in [2.45, 2.75) is 46.8 Å². The van der Waals surface area contributed by atoms with Gasteiger partial charge in [-0.15, -0.1) is 0 Å². The molecule has 1 unspecified atom stereocenters. The number of amides is 1. The maximum Gasteiger partial charge on any atom is 0.244 e. The van der Waals surface area contributed by atoms with Gasteiger partial charge in [0.05, 0.1) is 12.1 Å². The van der Waals surface area contributed by atoms with Gasteiger partial charge in [0.25, 0.3) is 0 Å². The van der Waals surface area contributed by atoms with Crippen molar-refractivity contribution in [3.05, 3.63) is 41.5 Å². The van der Waals surface area contributed by atoms with Crippen LogP contribution in [0.15, 0.2) is 35.9 Å². The fraction of sp³-hybridized carbons (Fsp3) is 0.438. The standard InChI is InChI=1S/C16H23NO2/c1-11(2)10-16(18)17-13(5)14-6-8-15(9-7-14)19-12(3)4/h6-10,12-13H,1-5H3,(H,17,18). The minimum Gasteiger partial charge on any atom is -0.491 e. The zero-order valence-electron chi connectivity index (χ0n) is 12.4. The molecule has 0 aliphatic rings. The van der Waals surface area contributed by atoms with Crippen LogP contribution in [0.1, 0.15) is 46.2 Å². The highest BCUT2D eigenvalue weighted by Gasteiger charge is 2.08. The van der Waals surface area contributed by atoms with Crippen molar-refractivity contribution in [2.75, 3.05) is 0 Å². The Morgan fingerprint density at radius 2 is 1.74 bits per heavy atom. The highest BCUT2D eigenvalue weighted by molar-refractivity contribution is 5.88. The van der Waals surface area contributed by atoms with Crippen LogP contribution < -0.4 is 10.1 Å². The van der Waals surface area contributed by atoms with Crippen LogP contribution in [0.5, 0.6) is 5.75 Å². The molecule has 0 aliphatic carbocycles. The summed E-state index contributed by atoms with van der Waals surface area (Å²) in [6.45, 7) is 9.77. The van der Waals surface area contributed by atoms with Gasteiger partial charge in [-0.2, -0.15) is 0 Å². The number of carbonyl (C=O) groups is 1. The van der Waals surface area contributed by atoms with E-state index in [9.17, 15) is 4.79 Å². The maximum atomic E-state index is 11.6. The van der Waals surface area contributed by atoms with E-state index in [1.807, 2.05) is 58.9 Å². The summed E-state index contributed by atoms with van der Waals surface area (Å²) in [5.74, 6) is 0.789. The fourth-order valence-corrected chi connectivity index (χ4v) is 1.71. The third-order valence-electron chi connectivity index (χ3n) is 2.53. The molecule has 104 valence electrons. The second kappa shape index (κ2) is 6.98. The molecule has 0 fully saturated rings. The molecule has 0 bridgehead atoms. The minimum atomic E-state index is -0.0602. The van der Waals surface area contributed by atoms with Gasteiger partial charge in [0.15, 0.2) is 0 Å². The molecule has 0 aromatic heterocycles. The largest absolute Gasteiger partial charge is 0.491 e. The molecule has 0 heterocycles. The number of rotatable bonds is 5. The van der Waals surface area contributed by atoms with Gasteiger partial charge in [-0.3, -0.25) is 4.79 Å². The summed E-state index contributed by atoms with van der Waals surface area (Å²) >= 11 is 0. The third kappa shape index (κ3) is 5.60. The summed E-state index contributed by atoms with van der Waals surface area (Å²) in [6.07, 6.45) is 1.77. The molecule has 1 atom stereocenters. The smallest absolute Gasteiger partial charge is 0.244 e. The topological polar surface area (TPSA) is 38.3 Å². The Bertz CT molecular complexity index is 442. The van der Waals surface area contributed by atoms with Crippen molar-refractivity contribution in [1.82, 2.24) is 5.32 Å². The quantitative estimate of drug-likeness (QED) is 0.822. The number of ether oxygens (including phenoxy) is 1. The molecule has 1 rings (SSSR count). The molecular formula is C16H23NO2. The van der Waals surface area contributed by atoms with Crippen LogP contribution in [0.3, 0.4) is 0 Å². The molecular weight excluding hydrogens is 238 g/mol. The van der Waals surface area contributed by atoms with Crippen molar-refractivity contribution in [3.8, 4) is 5.75 Å². The summed E-state index contributed by atoms with van der Waals surface area (Å²) in [5.41, 5.74) is 2.05. The van der Waals surface area contributed by atoms with Crippen LogP contribution in [0.4, 0.5) is 0 Å². The summed E-state index contributed by atoms with van der Waals surface area (Å²) in [7, 11) is 0. The molecule has 3 nitrogen and oxygen atoms in total. The lowest BCUT2D eigenvalue weighted by molar-refractivity contribution is -0.117. The molecule has 19 heavy (non-hydrogen) atoms. The van der Waals surface area contributed by atoms with E-state index in [2.05, 4.69) is 5.32 Å². The first kappa shape index (κ1) is 15.3. The number of benzene rings is 1. The van der Waals surface area contributed by atoms with Gasteiger partial charge in [-0.25, -0.2) is 0 Å². The van der Waals surface area contributed by atoms with Gasteiger partial charge in [-0.05, 0) is 52.3 Å². The first-order valence-electron chi connectivity index (χ1n) is 6.60. The fourth-order valence-electron chi connectivity index (χ4n) is 1.71. The summed E-state index contributed by atoms with van der Waals surface area (Å²) in [6, 6.07) is 7.80. The van der Waals surface area contributed by atoms with E-state index in [-0.39, 0.29) is 18.1 Å². The lowest BCUT2D eigenvalue weighted by atomic mass is 10.1. The van der Waals surface area contributed by atoms with Crippen LogP contribution in [-0.2, 0) is 4.79 Å². The average molecular weight is 261 g/mol. The monoisotopic (exact) mass is 261 g/mol. The molecule has 0 saturated heterocycles. The van der Waals surface area contributed by atoms with Gasteiger partial charge in [0, 0.05) is 6.08 Å². The van der Waals surface area contributed by atoms with Crippen molar-refractivity contribution >= 4 is 5.91 Å². The normalized spacial score (nSPS) is 11.9. The highest BCUT2D eigenvalue weighted by atomic mass is 16.5. The van der Waals surface area contributed by atoms with Gasteiger partial charge in [-0.1, -0.05) is 17.7 Å². The Morgan fingerprint density at radius 1 is 1.16 bits per heavy atom. The first-order chi connectivity index (χ1) is 8.88. The molecule has 0 saturated carbocycles. The van der Waals surface area contributed by atoms with E-state index in [0.29, 0.717) is 0 Å². The molecule has 1 N–H and O–H groups in total. The lowest BCUT2D eigenvalue weighted by Crippen LogP contribution is -2.24. The van der Waals surface area contributed by atoms with Gasteiger partial charge in [0.2, 0.25) is 5.91 Å². The number of carbonyl (C=O) groups excluding carboxylic acids is 1. The van der Waals surface area contributed by atoms with E-state index in [0.717, 1.165) is 16.9 Å². The van der Waals surface area contributed by atoms with Crippen LogP contribution in [0, 0.1) is 0 Å². The third-order valence-corrected chi connectivity index (χ3v) is 2.53. The predicted molar refractivity (Wildman–Crippen MR) is 78.2 cm³/mol. The number of hydrogen-bond acceptors (Lipinski definition) is 2. The lowest BCUT2D eigenvalue weighted by Gasteiger charge is -2.15. The number of allylic oxidation sites excluding steroid dienone is 1. The summed E-state index contributed by atoms with van der Waals surface area (Å²) < 4.78 is 5.59. The predicted octanol–water partition coefficient (Wildman–Crippen LogP) is 3.62. The van der Waals surface area contributed by atoms with Crippen LogP contribution in [0.25, 0.3) is 0 Å². The first-order valence-corrected chi connectivity index (χ1v) is 6.60. The van der Waals surface area contributed by atoms with E-state index >= 15 is 0 Å². The molecule has 1 aromatic carbocycles. The van der Waals surface area contributed by atoms with Crippen molar-refractivity contribution in [3.63, 3.8) is 0 Å². The second-order valence-electron chi connectivity index (χ2n) is 5.19. The van der Waals surface area contributed by atoms with E-state index in [1.54, 1.807) is 6.08 Å². The molecule has 1 aromatic rings. The Morgan fingerprint density at radius 3 is 2.21 bits per heavy atom. The van der Waals surface area contributed by atoms with Crippen LogP contribution >= 0.6 is 0 Å². The molecule has 0 radical (unpaired) electrons. The zero-order chi connectivity index (χ0) is 14.4. The zero-order valence-corrected chi connectivity index (χ0v) is 12.4. The molecule has 0 spiro atoms. The molecule has 0 aliphatic heterocycles. The van der Waals surface area contributed by atoms with Crippen LogP contribution in [0.2, 0.25) is 0 Å². The van der Waals surface area contributed by atoms with Crippen molar-refractivity contribution in [2.24, 2.45) is 0 Å². The van der Waals surface area contributed by atoms with Gasteiger partial charge >= 0.3 is 0 Å². The van der Waals surface area contributed by atoms with Crippen molar-refractivity contribution < 1.29 is 9.53 Å². The Hall–Kier alpha value is -1.77. The minimum absolute atomic E-state index is 0.0174. The number of nitrogens with one attached hydrogen (secondary N) is 1. The van der Waals surface area contributed by atoms with E-state index < -0.39 is 0 Å². The maximum absolute atomic E-state index is 11.6. The Labute approximate surface area is 115 Å². The summed E-state index contributed by atoms with van der Waals surface area (Å²) in [4.78, 5) is 11.6. The van der Waals surface area contributed by atoms with E-state index in [4.69, 9.17) is 4.74 Å². The van der Waals surface area contributed by atoms with E-state index in [1.165, 1.54) is 0 Å². The SMILES string of the molecule is CC(C)=CC(=O)NC(C)c1ccc(OC(C)C)cc1. The van der Waals surface area contributed by atoms with Gasteiger partial charge < -0.3 is 10.1 Å². The number of hydrogen-bond donors (Lipinski definition) is 1. The Balaban J connectivity index is 2.65. The Kier molecular flexibility index (Phi) is 5.61. The highest BCUT2D eigenvalue weighted by Crippen LogP contribution is 2.18. The average Bonchev–Trinajstić information content (AvgIpc) is 2.27. The summed E-state index contributed by atoms with van der Waals surface area (Å²) in [5, 5.41) is 2.93. The molecule has 3 heteroatoms. The van der Waals surface area contributed by atoms with Gasteiger partial charge in [0.1, 0.15) is 5.75 Å². The van der Waals surface area contributed by atoms with Crippen LogP contribution in [-0.4, -0.2) is 12.0 Å². The second-order valence-corrected chi connectivity index (χ2v) is 5.19. The van der Waals surface area contributed by atoms with Crippen molar-refractivity contribution in [1.29, 1.82) is 0 Å².